The van der Waals surface area contributed by atoms with Crippen molar-refractivity contribution in [3.05, 3.63) is 94.4 Å². The molecule has 4 aromatic rings. The van der Waals surface area contributed by atoms with Crippen LogP contribution in [0.1, 0.15) is 28.9 Å². The first-order chi connectivity index (χ1) is 14.0. The lowest BCUT2D eigenvalue weighted by Crippen LogP contribution is -2.34. The summed E-state index contributed by atoms with van der Waals surface area (Å²) in [5.74, 6) is 1.25. The van der Waals surface area contributed by atoms with Crippen LogP contribution in [0.4, 0.5) is 0 Å². The number of furan rings is 1. The molecule has 0 bridgehead atoms. The van der Waals surface area contributed by atoms with Crippen molar-refractivity contribution < 1.29 is 9.21 Å². The summed E-state index contributed by atoms with van der Waals surface area (Å²) in [7, 11) is 0. The smallest absolute Gasteiger partial charge is 0.265 e. The highest BCUT2D eigenvalue weighted by molar-refractivity contribution is 5.94. The Morgan fingerprint density at radius 2 is 1.86 bits per heavy atom. The molecule has 0 fully saturated rings. The molecule has 2 aromatic carbocycles. The molecule has 0 aliphatic heterocycles. The van der Waals surface area contributed by atoms with Crippen LogP contribution in [0.2, 0.25) is 0 Å². The summed E-state index contributed by atoms with van der Waals surface area (Å²) in [6, 6.07) is 17.9. The fraction of sp³-hybridized carbons (Fsp3) is 0.174. The number of fused-ring (bicyclic) bond motifs is 1. The lowest BCUT2D eigenvalue weighted by atomic mass is 10.1. The van der Waals surface area contributed by atoms with Gasteiger partial charge in [-0.15, -0.1) is 0 Å². The van der Waals surface area contributed by atoms with Crippen LogP contribution in [0.3, 0.4) is 0 Å². The quantitative estimate of drug-likeness (QED) is 0.567. The zero-order valence-electron chi connectivity index (χ0n) is 16.3. The largest absolute Gasteiger partial charge is 0.469 e. The molecule has 1 N–H and O–H groups in total. The van der Waals surface area contributed by atoms with Crippen LogP contribution < -0.4 is 10.9 Å². The summed E-state index contributed by atoms with van der Waals surface area (Å²) in [6.07, 6.45) is 2.24. The number of carbonyl (C=O) groups is 1. The number of rotatable bonds is 5. The van der Waals surface area contributed by atoms with Crippen molar-refractivity contribution >= 4 is 16.8 Å². The van der Waals surface area contributed by atoms with Gasteiger partial charge in [-0.05, 0) is 62.4 Å². The number of amides is 1. The van der Waals surface area contributed by atoms with Crippen molar-refractivity contribution in [2.75, 3.05) is 0 Å². The zero-order valence-corrected chi connectivity index (χ0v) is 16.3. The van der Waals surface area contributed by atoms with Gasteiger partial charge in [-0.25, -0.2) is 4.98 Å². The van der Waals surface area contributed by atoms with Gasteiger partial charge in [0.2, 0.25) is 0 Å². The highest BCUT2D eigenvalue weighted by Crippen LogP contribution is 2.14. The van der Waals surface area contributed by atoms with E-state index in [1.165, 1.54) is 0 Å². The van der Waals surface area contributed by atoms with Crippen LogP contribution in [0, 0.1) is 6.92 Å². The zero-order chi connectivity index (χ0) is 20.4. The second kappa shape index (κ2) is 7.75. The number of hydrogen-bond donors (Lipinski definition) is 1. The third kappa shape index (κ3) is 3.82. The Labute approximate surface area is 167 Å². The summed E-state index contributed by atoms with van der Waals surface area (Å²) in [4.78, 5) is 29.9. The summed E-state index contributed by atoms with van der Waals surface area (Å²) in [6.45, 7) is 3.73. The van der Waals surface area contributed by atoms with E-state index in [1.807, 2.05) is 37.3 Å². The fourth-order valence-electron chi connectivity index (χ4n) is 3.40. The highest BCUT2D eigenvalue weighted by Gasteiger charge is 2.13. The van der Waals surface area contributed by atoms with E-state index in [9.17, 15) is 9.59 Å². The SMILES string of the molecule is Cc1nc2ccccc2c(=O)n1-c1ccc(C(=O)NC(C)Cc2ccco2)cc1. The van der Waals surface area contributed by atoms with E-state index in [4.69, 9.17) is 4.42 Å². The Balaban J connectivity index is 1.56. The van der Waals surface area contributed by atoms with Crippen LogP contribution in [-0.2, 0) is 6.42 Å². The van der Waals surface area contributed by atoms with E-state index in [1.54, 1.807) is 48.1 Å². The number of aromatic nitrogens is 2. The predicted molar refractivity (Wildman–Crippen MR) is 111 cm³/mol. The highest BCUT2D eigenvalue weighted by atomic mass is 16.3. The van der Waals surface area contributed by atoms with Gasteiger partial charge in [0.15, 0.2) is 0 Å². The van der Waals surface area contributed by atoms with Crippen molar-refractivity contribution in [2.24, 2.45) is 0 Å². The van der Waals surface area contributed by atoms with Gasteiger partial charge in [0.25, 0.3) is 11.5 Å². The van der Waals surface area contributed by atoms with Crippen LogP contribution in [0.25, 0.3) is 16.6 Å². The Bertz CT molecular complexity index is 1210. The average molecular weight is 387 g/mol. The second-order valence-corrected chi connectivity index (χ2v) is 7.02. The lowest BCUT2D eigenvalue weighted by Gasteiger charge is -2.14. The molecule has 0 saturated carbocycles. The molecule has 4 rings (SSSR count). The van der Waals surface area contributed by atoms with Gasteiger partial charge in [0, 0.05) is 18.0 Å². The Hall–Kier alpha value is -3.67. The second-order valence-electron chi connectivity index (χ2n) is 7.02. The van der Waals surface area contributed by atoms with Crippen LogP contribution in [0.15, 0.2) is 76.1 Å². The predicted octanol–water partition coefficient (Wildman–Crippen LogP) is 3.65. The molecule has 2 aromatic heterocycles. The van der Waals surface area contributed by atoms with E-state index in [2.05, 4.69) is 10.3 Å². The van der Waals surface area contributed by atoms with Gasteiger partial charge < -0.3 is 9.73 Å². The van der Waals surface area contributed by atoms with E-state index in [0.29, 0.717) is 34.4 Å². The minimum absolute atomic E-state index is 0.0668. The number of nitrogens with zero attached hydrogens (tertiary/aromatic N) is 2. The van der Waals surface area contributed by atoms with Gasteiger partial charge in [-0.3, -0.25) is 14.2 Å². The van der Waals surface area contributed by atoms with Crippen molar-refractivity contribution in [3.8, 4) is 5.69 Å². The van der Waals surface area contributed by atoms with E-state index < -0.39 is 0 Å². The fourth-order valence-corrected chi connectivity index (χ4v) is 3.40. The molecular weight excluding hydrogens is 366 g/mol. The summed E-state index contributed by atoms with van der Waals surface area (Å²) in [5.41, 5.74) is 1.75. The summed E-state index contributed by atoms with van der Waals surface area (Å²) in [5, 5.41) is 3.52. The molecule has 0 spiro atoms. The van der Waals surface area contributed by atoms with Gasteiger partial charge >= 0.3 is 0 Å². The number of para-hydroxylation sites is 1. The van der Waals surface area contributed by atoms with Gasteiger partial charge in [-0.2, -0.15) is 0 Å². The Morgan fingerprint density at radius 3 is 2.59 bits per heavy atom. The molecule has 1 amide bonds. The van der Waals surface area contributed by atoms with Crippen molar-refractivity contribution in [2.45, 2.75) is 26.3 Å². The van der Waals surface area contributed by atoms with Crippen LogP contribution in [-0.4, -0.2) is 21.5 Å². The van der Waals surface area contributed by atoms with Crippen molar-refractivity contribution in [3.63, 3.8) is 0 Å². The molecular formula is C23H21N3O3. The summed E-state index contributed by atoms with van der Waals surface area (Å²) >= 11 is 0. The molecule has 1 unspecified atom stereocenters. The molecule has 0 aliphatic carbocycles. The van der Waals surface area contributed by atoms with E-state index in [-0.39, 0.29) is 17.5 Å². The maximum atomic E-state index is 12.9. The van der Waals surface area contributed by atoms with Gasteiger partial charge in [0.05, 0.1) is 22.9 Å². The maximum absolute atomic E-state index is 12.9. The number of hydrogen-bond acceptors (Lipinski definition) is 4. The minimum atomic E-state index is -0.170. The third-order valence-electron chi connectivity index (χ3n) is 4.80. The van der Waals surface area contributed by atoms with Gasteiger partial charge in [-0.1, -0.05) is 12.1 Å². The summed E-state index contributed by atoms with van der Waals surface area (Å²) < 4.78 is 6.88. The molecule has 0 aliphatic rings. The molecule has 6 heteroatoms. The van der Waals surface area contributed by atoms with Gasteiger partial charge in [0.1, 0.15) is 11.6 Å². The number of nitrogens with one attached hydrogen (secondary N) is 1. The maximum Gasteiger partial charge on any atom is 0.265 e. The number of aryl methyl sites for hydroxylation is 1. The van der Waals surface area contributed by atoms with Crippen molar-refractivity contribution in [1.82, 2.24) is 14.9 Å². The monoisotopic (exact) mass is 387 g/mol. The van der Waals surface area contributed by atoms with Crippen LogP contribution in [0.5, 0.6) is 0 Å². The molecule has 0 radical (unpaired) electrons. The standard InChI is InChI=1S/C23H21N3O3/c1-15(14-19-6-5-13-29-19)24-22(27)17-9-11-18(12-10-17)26-16(2)25-21-8-4-3-7-20(21)23(26)28/h3-13,15H,14H2,1-2H3,(H,24,27). The first-order valence-corrected chi connectivity index (χ1v) is 9.45. The molecule has 146 valence electrons. The van der Waals surface area contributed by atoms with E-state index >= 15 is 0 Å². The Kier molecular flexibility index (Phi) is 4.99. The third-order valence-corrected chi connectivity index (χ3v) is 4.80. The molecule has 0 saturated heterocycles. The number of benzene rings is 2. The first kappa shape index (κ1) is 18.7. The first-order valence-electron chi connectivity index (χ1n) is 9.45. The topological polar surface area (TPSA) is 77.1 Å². The Morgan fingerprint density at radius 1 is 1.10 bits per heavy atom. The average Bonchev–Trinajstić information content (AvgIpc) is 3.21. The molecule has 2 heterocycles. The van der Waals surface area contributed by atoms with E-state index in [0.717, 1.165) is 5.76 Å². The number of carbonyl (C=O) groups excluding carboxylic acids is 1. The molecule has 1 atom stereocenters. The molecule has 6 nitrogen and oxygen atoms in total. The minimum Gasteiger partial charge on any atom is -0.469 e. The van der Waals surface area contributed by atoms with Crippen molar-refractivity contribution in [1.29, 1.82) is 0 Å². The lowest BCUT2D eigenvalue weighted by molar-refractivity contribution is 0.0939. The molecule has 29 heavy (non-hydrogen) atoms. The van der Waals surface area contributed by atoms with Crippen LogP contribution >= 0.6 is 0 Å². The normalized spacial score (nSPS) is 12.1.